The highest BCUT2D eigenvalue weighted by Gasteiger charge is 2.47. The van der Waals surface area contributed by atoms with E-state index in [4.69, 9.17) is 29.0 Å². The summed E-state index contributed by atoms with van der Waals surface area (Å²) in [5.41, 5.74) is 1.91. The van der Waals surface area contributed by atoms with Gasteiger partial charge in [0.15, 0.2) is 21.3 Å². The van der Waals surface area contributed by atoms with Crippen molar-refractivity contribution in [2.45, 2.75) is 139 Å². The van der Waals surface area contributed by atoms with Crippen LogP contribution in [0.5, 0.6) is 5.88 Å². The quantitative estimate of drug-likeness (QED) is 0.0742. The van der Waals surface area contributed by atoms with E-state index in [1.54, 1.807) is 16.9 Å². The predicted octanol–water partition coefficient (Wildman–Crippen LogP) is 8.06. The van der Waals surface area contributed by atoms with Crippen molar-refractivity contribution in [2.75, 3.05) is 44.4 Å². The maximum absolute atomic E-state index is 14.2. The minimum absolute atomic E-state index is 0.0925. The third-order valence-corrected chi connectivity index (χ3v) is 15.2. The van der Waals surface area contributed by atoms with Crippen LogP contribution < -0.4 is 9.64 Å². The molecule has 16 heteroatoms. The van der Waals surface area contributed by atoms with Gasteiger partial charge in [-0.05, 0) is 83.4 Å². The Hall–Kier alpha value is -3.06. The van der Waals surface area contributed by atoms with Crippen molar-refractivity contribution >= 4 is 43.5 Å². The number of amides is 1. The van der Waals surface area contributed by atoms with Gasteiger partial charge in [-0.2, -0.15) is 9.61 Å². The Balaban J connectivity index is 1.45. The molecular weight excluding hydrogens is 765 g/mol. The van der Waals surface area contributed by atoms with Crippen LogP contribution in [-0.4, -0.2) is 112 Å². The van der Waals surface area contributed by atoms with Crippen LogP contribution in [0.25, 0.3) is 16.8 Å². The minimum Gasteiger partial charge on any atom is -0.477 e. The van der Waals surface area contributed by atoms with E-state index in [0.717, 1.165) is 36.1 Å². The van der Waals surface area contributed by atoms with Crippen LogP contribution in [0.3, 0.4) is 0 Å². The highest BCUT2D eigenvalue weighted by molar-refractivity contribution is 7.91. The summed E-state index contributed by atoms with van der Waals surface area (Å²) in [5, 5.41) is 4.84. The predicted molar refractivity (Wildman–Crippen MR) is 225 cm³/mol. The summed E-state index contributed by atoms with van der Waals surface area (Å²) in [6.45, 7) is 21.5. The Kier molecular flexibility index (Phi) is 12.7. The largest absolute Gasteiger partial charge is 0.477 e. The van der Waals surface area contributed by atoms with Crippen LogP contribution in [0.4, 0.5) is 10.6 Å². The second-order valence-electron chi connectivity index (χ2n) is 19.5. The lowest BCUT2D eigenvalue weighted by atomic mass is 9.88. The molecule has 6 rings (SSSR count). The number of pyridine rings is 1. The zero-order valence-corrected chi connectivity index (χ0v) is 38.1. The van der Waals surface area contributed by atoms with E-state index in [0.29, 0.717) is 61.6 Å². The maximum Gasteiger partial charge on any atom is 0.410 e. The highest BCUT2D eigenvalue weighted by Crippen LogP contribution is 2.46. The molecule has 0 unspecified atom stereocenters. The average Bonchev–Trinajstić information content (AvgIpc) is 3.75. The number of hydrogen-bond donors (Lipinski definition) is 0. The number of carbonyl (C=O) groups is 1. The van der Waals surface area contributed by atoms with Gasteiger partial charge in [0, 0.05) is 77.0 Å². The van der Waals surface area contributed by atoms with Crippen molar-refractivity contribution in [3.63, 3.8) is 0 Å². The van der Waals surface area contributed by atoms with Crippen molar-refractivity contribution in [1.29, 1.82) is 0 Å². The zero-order valence-electron chi connectivity index (χ0n) is 35.3. The first-order valence-electron chi connectivity index (χ1n) is 20.3. The second-order valence-corrected chi connectivity index (χ2v) is 32.7. The van der Waals surface area contributed by atoms with E-state index in [2.05, 4.69) is 44.3 Å². The first kappa shape index (κ1) is 42.5. The monoisotopic (exact) mass is 828 g/mol. The van der Waals surface area contributed by atoms with Gasteiger partial charge in [-0.1, -0.05) is 39.3 Å². The summed E-state index contributed by atoms with van der Waals surface area (Å²) in [4.78, 5) is 27.2. The highest BCUT2D eigenvalue weighted by atomic mass is 32.2. The van der Waals surface area contributed by atoms with Gasteiger partial charge in [0.25, 0.3) is 0 Å². The van der Waals surface area contributed by atoms with E-state index >= 15 is 0 Å². The molecule has 2 saturated heterocycles. The summed E-state index contributed by atoms with van der Waals surface area (Å²) in [7, 11) is -6.70. The molecule has 13 nitrogen and oxygen atoms in total. The Bertz CT molecular complexity index is 1920. The average molecular weight is 829 g/mol. The first-order chi connectivity index (χ1) is 26.2. The van der Waals surface area contributed by atoms with Gasteiger partial charge in [-0.3, -0.25) is 0 Å². The van der Waals surface area contributed by atoms with Gasteiger partial charge < -0.3 is 28.7 Å². The van der Waals surface area contributed by atoms with Crippen LogP contribution in [0.2, 0.25) is 51.4 Å². The summed E-state index contributed by atoms with van der Waals surface area (Å²) in [6.07, 6.45) is 9.59. The molecule has 1 aliphatic carbocycles. The van der Waals surface area contributed by atoms with E-state index < -0.39 is 31.6 Å². The van der Waals surface area contributed by atoms with E-state index in [9.17, 15) is 13.2 Å². The summed E-state index contributed by atoms with van der Waals surface area (Å²) in [6, 6.07) is 5.56. The summed E-state index contributed by atoms with van der Waals surface area (Å²) >= 11 is 0. The fourth-order valence-electron chi connectivity index (χ4n) is 7.49. The number of aromatic nitrogens is 4. The number of anilines is 1. The zero-order chi connectivity index (χ0) is 40.6. The van der Waals surface area contributed by atoms with Gasteiger partial charge in [-0.25, -0.2) is 23.2 Å². The molecule has 0 spiro atoms. The molecule has 0 radical (unpaired) electrons. The van der Waals surface area contributed by atoms with Crippen molar-refractivity contribution < 1.29 is 32.2 Å². The molecule has 2 aliphatic heterocycles. The van der Waals surface area contributed by atoms with Gasteiger partial charge in [-0.15, -0.1) is 0 Å². The molecule has 5 heterocycles. The fraction of sp³-hybridized carbons (Fsp3) is 0.700. The number of ether oxygens (including phenoxy) is 4. The van der Waals surface area contributed by atoms with Gasteiger partial charge in [0.2, 0.25) is 5.88 Å². The molecule has 1 amide bonds. The molecule has 3 aliphatic rings. The molecule has 1 saturated carbocycles. The molecule has 0 aromatic carbocycles. The van der Waals surface area contributed by atoms with Crippen molar-refractivity contribution in [3.8, 4) is 17.0 Å². The lowest BCUT2D eigenvalue weighted by Gasteiger charge is -2.40. The van der Waals surface area contributed by atoms with Crippen molar-refractivity contribution in [3.05, 3.63) is 30.2 Å². The molecule has 2 bridgehead atoms. The first-order valence-corrected chi connectivity index (χ1v) is 29.6. The lowest BCUT2D eigenvalue weighted by molar-refractivity contribution is 0.00557. The number of fused-ring (bicyclic) bond motifs is 3. The third-order valence-electron chi connectivity index (χ3n) is 10.7. The van der Waals surface area contributed by atoms with E-state index in [1.807, 2.05) is 42.7 Å². The molecular formula is C40H64N6O7SSi2. The number of rotatable bonds is 17. The molecule has 3 fully saturated rings. The Morgan fingerprint density at radius 1 is 0.911 bits per heavy atom. The van der Waals surface area contributed by atoms with Crippen molar-refractivity contribution in [2.24, 2.45) is 5.92 Å². The Morgan fingerprint density at radius 2 is 1.52 bits per heavy atom. The second kappa shape index (κ2) is 16.7. The molecule has 3 aromatic heterocycles. The molecule has 3 atom stereocenters. The fourth-order valence-corrected chi connectivity index (χ4v) is 10.1. The number of hydrogen-bond acceptors (Lipinski definition) is 11. The smallest absolute Gasteiger partial charge is 0.410 e. The summed E-state index contributed by atoms with van der Waals surface area (Å²) in [5.74, 6) is 1.31. The molecule has 3 aromatic rings. The van der Waals surface area contributed by atoms with Gasteiger partial charge >= 0.3 is 6.09 Å². The van der Waals surface area contributed by atoms with Crippen LogP contribution in [0, 0.1) is 5.92 Å². The Labute approximate surface area is 335 Å². The topological polar surface area (TPSA) is 138 Å². The van der Waals surface area contributed by atoms with E-state index in [-0.39, 0.29) is 42.5 Å². The summed E-state index contributed by atoms with van der Waals surface area (Å²) < 4.78 is 54.6. The lowest BCUT2D eigenvalue weighted by Crippen LogP contribution is -2.48. The minimum atomic E-state index is -3.89. The number of piperidine rings is 1. The number of nitrogens with zero attached hydrogens (tertiary/aromatic N) is 6. The molecule has 0 N–H and O–H groups in total. The van der Waals surface area contributed by atoms with Crippen molar-refractivity contribution in [1.82, 2.24) is 24.5 Å². The van der Waals surface area contributed by atoms with Crippen LogP contribution >= 0.6 is 0 Å². The molecule has 56 heavy (non-hydrogen) atoms. The third kappa shape index (κ3) is 10.9. The van der Waals surface area contributed by atoms with Crippen LogP contribution in [-0.2, 0) is 24.0 Å². The normalized spacial score (nSPS) is 20.5. The van der Waals surface area contributed by atoms with Crippen LogP contribution in [0.15, 0.2) is 29.4 Å². The maximum atomic E-state index is 14.2. The standard InChI is InChI=1S/C40H64N6O7SSi2/c1-40(2,3)53-39(47)45-31-14-15-32(45)22-30(21-31)35-36(54(4,48)49)38(44(26-50-17-19-55(5,6)7)27-51-18-20-56(8,9)10)46-37(43-35)33(24-42-46)29-13-16-34(41-23-29)52-25-28-11-12-28/h13,16,23-24,28,30-32H,11-12,14-15,17-22,25-27H2,1-10H3/t30-,31+,32-. The number of sulfone groups is 1. The SMILES string of the molecule is CC(C)(C)OC(=O)N1[C@@H]2CC[C@H]1C[C@@H](c1nc3c(-c4ccc(OCC5CC5)nc4)cnn3c(N(COCC[Si](C)(C)C)COCC[Si](C)(C)C)c1S(C)(=O)=O)C2. The Morgan fingerprint density at radius 3 is 2.02 bits per heavy atom. The number of carbonyl (C=O) groups excluding carboxylic acids is 1. The van der Waals surface area contributed by atoms with E-state index in [1.165, 1.54) is 19.1 Å². The molecule has 310 valence electrons. The van der Waals surface area contributed by atoms with Gasteiger partial charge in [0.05, 0.1) is 18.5 Å². The van der Waals surface area contributed by atoms with Gasteiger partial charge in [0.1, 0.15) is 24.0 Å². The van der Waals surface area contributed by atoms with Crippen LogP contribution in [0.1, 0.15) is 70.9 Å².